The Morgan fingerprint density at radius 2 is 1.87 bits per heavy atom. The molecule has 0 aliphatic heterocycles. The van der Waals surface area contributed by atoms with E-state index in [9.17, 15) is 0 Å². The molecule has 0 aliphatic rings. The third-order valence-corrected chi connectivity index (χ3v) is 5.61. The highest BCUT2D eigenvalue weighted by molar-refractivity contribution is 7.99. The van der Waals surface area contributed by atoms with Gasteiger partial charge in [-0.05, 0) is 42.8 Å². The predicted molar refractivity (Wildman–Crippen MR) is 117 cm³/mol. The number of halogens is 1. The summed E-state index contributed by atoms with van der Waals surface area (Å²) in [5.74, 6) is 2.85. The molecule has 0 unspecified atom stereocenters. The summed E-state index contributed by atoms with van der Waals surface area (Å²) in [5.41, 5.74) is 1.86. The summed E-state index contributed by atoms with van der Waals surface area (Å²) in [6.07, 6.45) is 6.83. The Morgan fingerprint density at radius 3 is 2.63 bits per heavy atom. The number of aromatic nitrogens is 6. The van der Waals surface area contributed by atoms with Gasteiger partial charge in [-0.15, -0.1) is 16.8 Å². The first-order valence-electron chi connectivity index (χ1n) is 9.40. The zero-order valence-electron chi connectivity index (χ0n) is 16.1. The highest BCUT2D eigenvalue weighted by Crippen LogP contribution is 2.26. The molecule has 0 saturated carbocycles. The Bertz CT molecular complexity index is 1110. The molecule has 3 heterocycles. The molecule has 152 valence electrons. The molecule has 9 heteroatoms. The predicted octanol–water partition coefficient (Wildman–Crippen LogP) is 4.95. The second-order valence-electron chi connectivity index (χ2n) is 6.41. The molecule has 0 fully saturated rings. The minimum absolute atomic E-state index is 0.582. The number of pyridine rings is 1. The molecule has 7 nitrogen and oxygen atoms in total. The third-order valence-electron chi connectivity index (χ3n) is 4.30. The highest BCUT2D eigenvalue weighted by Gasteiger charge is 2.14. The maximum atomic E-state index is 5.99. The van der Waals surface area contributed by atoms with Crippen molar-refractivity contribution in [3.05, 3.63) is 72.4 Å². The standard InChI is InChI=1S/C21H19ClN6OS/c1-2-13-28-20(16-5-7-17(22)8-6-16)25-26-21(28)30-14-3-4-18-24-19(27-29-18)15-9-11-23-12-10-15/h2,5-12H,1,3-4,13-14H2. The first kappa shape index (κ1) is 20.3. The van der Waals surface area contributed by atoms with Gasteiger partial charge in [0.1, 0.15) is 0 Å². The van der Waals surface area contributed by atoms with E-state index in [0.29, 0.717) is 29.7 Å². The molecule has 0 atom stereocenters. The SMILES string of the molecule is C=CCn1c(SCCCc2nc(-c3ccncc3)no2)nnc1-c1ccc(Cl)cc1. The topological polar surface area (TPSA) is 82.5 Å². The maximum Gasteiger partial charge on any atom is 0.226 e. The number of aryl methyl sites for hydroxylation is 1. The molecule has 4 rings (SSSR count). The largest absolute Gasteiger partial charge is 0.339 e. The molecule has 3 aromatic heterocycles. The van der Waals surface area contributed by atoms with E-state index in [1.807, 2.05) is 42.5 Å². The van der Waals surface area contributed by atoms with E-state index in [2.05, 4.69) is 36.5 Å². The smallest absolute Gasteiger partial charge is 0.226 e. The van der Waals surface area contributed by atoms with Crippen LogP contribution in [-0.2, 0) is 13.0 Å². The van der Waals surface area contributed by atoms with E-state index in [0.717, 1.165) is 34.3 Å². The second-order valence-corrected chi connectivity index (χ2v) is 7.91. The number of hydrogen-bond donors (Lipinski definition) is 0. The Hall–Kier alpha value is -2.97. The van der Waals surface area contributed by atoms with Crippen molar-refractivity contribution in [2.45, 2.75) is 24.5 Å². The van der Waals surface area contributed by atoms with E-state index in [1.165, 1.54) is 0 Å². The fourth-order valence-electron chi connectivity index (χ4n) is 2.86. The minimum atomic E-state index is 0.582. The van der Waals surface area contributed by atoms with Crippen molar-refractivity contribution in [3.8, 4) is 22.8 Å². The fourth-order valence-corrected chi connectivity index (χ4v) is 3.88. The Balaban J connectivity index is 1.37. The summed E-state index contributed by atoms with van der Waals surface area (Å²) in [4.78, 5) is 8.45. The molecule has 0 spiro atoms. The Labute approximate surface area is 183 Å². The van der Waals surface area contributed by atoms with Crippen LogP contribution in [0, 0.1) is 0 Å². The van der Waals surface area contributed by atoms with Gasteiger partial charge < -0.3 is 4.52 Å². The first-order valence-corrected chi connectivity index (χ1v) is 10.8. The highest BCUT2D eigenvalue weighted by atomic mass is 35.5. The molecule has 0 radical (unpaired) electrons. The summed E-state index contributed by atoms with van der Waals surface area (Å²) in [6, 6.07) is 11.3. The van der Waals surface area contributed by atoms with Gasteiger partial charge in [0.15, 0.2) is 11.0 Å². The third kappa shape index (κ3) is 4.77. The van der Waals surface area contributed by atoms with Crippen molar-refractivity contribution in [2.75, 3.05) is 5.75 Å². The zero-order valence-corrected chi connectivity index (χ0v) is 17.7. The lowest BCUT2D eigenvalue weighted by molar-refractivity contribution is 0.378. The van der Waals surface area contributed by atoms with Crippen LogP contribution in [0.1, 0.15) is 12.3 Å². The van der Waals surface area contributed by atoms with Gasteiger partial charge in [-0.2, -0.15) is 4.98 Å². The van der Waals surface area contributed by atoms with Gasteiger partial charge in [-0.1, -0.05) is 34.6 Å². The number of thioether (sulfide) groups is 1. The lowest BCUT2D eigenvalue weighted by Crippen LogP contribution is -2.01. The van der Waals surface area contributed by atoms with Gasteiger partial charge >= 0.3 is 0 Å². The van der Waals surface area contributed by atoms with Gasteiger partial charge in [0.2, 0.25) is 11.7 Å². The van der Waals surface area contributed by atoms with Crippen LogP contribution in [-0.4, -0.2) is 35.6 Å². The molecule has 0 amide bonds. The monoisotopic (exact) mass is 438 g/mol. The average molecular weight is 439 g/mol. The maximum absolute atomic E-state index is 5.99. The van der Waals surface area contributed by atoms with Crippen molar-refractivity contribution >= 4 is 23.4 Å². The van der Waals surface area contributed by atoms with Crippen LogP contribution in [0.4, 0.5) is 0 Å². The molecule has 0 aliphatic carbocycles. The second kappa shape index (κ2) is 9.69. The van der Waals surface area contributed by atoms with Crippen molar-refractivity contribution in [2.24, 2.45) is 0 Å². The van der Waals surface area contributed by atoms with E-state index >= 15 is 0 Å². The molecule has 0 N–H and O–H groups in total. The molecule has 0 bridgehead atoms. The molecular formula is C21H19ClN6OS. The van der Waals surface area contributed by atoms with Crippen LogP contribution in [0.5, 0.6) is 0 Å². The lowest BCUT2D eigenvalue weighted by atomic mass is 10.2. The van der Waals surface area contributed by atoms with Crippen molar-refractivity contribution < 1.29 is 4.52 Å². The van der Waals surface area contributed by atoms with Crippen LogP contribution in [0.25, 0.3) is 22.8 Å². The lowest BCUT2D eigenvalue weighted by Gasteiger charge is -2.07. The van der Waals surface area contributed by atoms with Crippen LogP contribution in [0.2, 0.25) is 5.02 Å². The van der Waals surface area contributed by atoms with Gasteiger partial charge in [0.25, 0.3) is 0 Å². The summed E-state index contributed by atoms with van der Waals surface area (Å²) in [5, 5.41) is 14.3. The Morgan fingerprint density at radius 1 is 1.07 bits per heavy atom. The summed E-state index contributed by atoms with van der Waals surface area (Å²) in [7, 11) is 0. The van der Waals surface area contributed by atoms with Crippen LogP contribution in [0.15, 0.2) is 71.1 Å². The van der Waals surface area contributed by atoms with Gasteiger partial charge in [-0.25, -0.2) is 0 Å². The normalized spacial score (nSPS) is 11.0. The van der Waals surface area contributed by atoms with Crippen LogP contribution in [0.3, 0.4) is 0 Å². The zero-order chi connectivity index (χ0) is 20.8. The number of benzene rings is 1. The number of allylic oxidation sites excluding steroid dienone is 1. The first-order chi connectivity index (χ1) is 14.7. The number of hydrogen-bond acceptors (Lipinski definition) is 7. The number of rotatable bonds is 9. The van der Waals surface area contributed by atoms with Crippen molar-refractivity contribution in [3.63, 3.8) is 0 Å². The van der Waals surface area contributed by atoms with E-state index in [4.69, 9.17) is 16.1 Å². The number of nitrogens with zero attached hydrogens (tertiary/aromatic N) is 6. The Kier molecular flexibility index (Phi) is 6.56. The van der Waals surface area contributed by atoms with Crippen LogP contribution >= 0.6 is 23.4 Å². The van der Waals surface area contributed by atoms with Crippen molar-refractivity contribution in [1.29, 1.82) is 0 Å². The molecule has 0 saturated heterocycles. The minimum Gasteiger partial charge on any atom is -0.339 e. The molecular weight excluding hydrogens is 420 g/mol. The van der Waals surface area contributed by atoms with Crippen LogP contribution < -0.4 is 0 Å². The van der Waals surface area contributed by atoms with Gasteiger partial charge in [0.05, 0.1) is 0 Å². The summed E-state index contributed by atoms with van der Waals surface area (Å²) < 4.78 is 7.41. The van der Waals surface area contributed by atoms with E-state index in [1.54, 1.807) is 24.2 Å². The van der Waals surface area contributed by atoms with Gasteiger partial charge in [-0.3, -0.25) is 9.55 Å². The molecule has 30 heavy (non-hydrogen) atoms. The quantitative estimate of drug-likeness (QED) is 0.207. The van der Waals surface area contributed by atoms with Gasteiger partial charge in [0, 0.05) is 47.3 Å². The summed E-state index contributed by atoms with van der Waals surface area (Å²) in [6.45, 7) is 4.48. The summed E-state index contributed by atoms with van der Waals surface area (Å²) >= 11 is 7.64. The molecule has 1 aromatic carbocycles. The average Bonchev–Trinajstić information content (AvgIpc) is 3.40. The fraction of sp³-hybridized carbons (Fsp3) is 0.190. The van der Waals surface area contributed by atoms with Crippen molar-refractivity contribution in [1.82, 2.24) is 29.9 Å². The van der Waals surface area contributed by atoms with E-state index in [-0.39, 0.29) is 0 Å². The molecule has 4 aromatic rings. The van der Waals surface area contributed by atoms with E-state index < -0.39 is 0 Å².